The first-order valence-corrected chi connectivity index (χ1v) is 7.32. The van der Waals surface area contributed by atoms with E-state index in [0.717, 1.165) is 38.1 Å². The molecule has 18 heavy (non-hydrogen) atoms. The fourth-order valence-corrected chi connectivity index (χ4v) is 3.73. The second-order valence-electron chi connectivity index (χ2n) is 5.96. The smallest absolute Gasteiger partial charge is 0.313 e. The predicted octanol–water partition coefficient (Wildman–Crippen LogP) is 4.13. The first-order valence-electron chi connectivity index (χ1n) is 7.32. The zero-order valence-electron chi connectivity index (χ0n) is 11.1. The van der Waals surface area contributed by atoms with Gasteiger partial charge in [-0.05, 0) is 44.1 Å². The van der Waals surface area contributed by atoms with Gasteiger partial charge in [0.1, 0.15) is 0 Å². The highest BCUT2D eigenvalue weighted by molar-refractivity contribution is 4.92. The summed E-state index contributed by atoms with van der Waals surface area (Å²) in [6, 6.07) is -0.323. The maximum absolute atomic E-state index is 13.0. The summed E-state index contributed by atoms with van der Waals surface area (Å²) in [6.07, 6.45) is 2.30. The third kappa shape index (κ3) is 3.19. The SMILES string of the molecule is CCC1CCC(C2NCCCC2C(F)(F)F)CC1. The van der Waals surface area contributed by atoms with Gasteiger partial charge in [-0.25, -0.2) is 0 Å². The van der Waals surface area contributed by atoms with E-state index in [-0.39, 0.29) is 12.0 Å². The van der Waals surface area contributed by atoms with Gasteiger partial charge in [-0.2, -0.15) is 13.2 Å². The van der Waals surface area contributed by atoms with Crippen molar-refractivity contribution in [3.63, 3.8) is 0 Å². The van der Waals surface area contributed by atoms with E-state index in [2.05, 4.69) is 12.2 Å². The summed E-state index contributed by atoms with van der Waals surface area (Å²) < 4.78 is 39.1. The second kappa shape index (κ2) is 5.81. The topological polar surface area (TPSA) is 12.0 Å². The van der Waals surface area contributed by atoms with Gasteiger partial charge in [0.15, 0.2) is 0 Å². The Morgan fingerprint density at radius 3 is 2.28 bits per heavy atom. The molecule has 0 aromatic rings. The summed E-state index contributed by atoms with van der Waals surface area (Å²) in [5.74, 6) is -0.136. The van der Waals surface area contributed by atoms with Gasteiger partial charge >= 0.3 is 6.18 Å². The molecule has 0 amide bonds. The van der Waals surface area contributed by atoms with Crippen LogP contribution in [0.1, 0.15) is 51.9 Å². The van der Waals surface area contributed by atoms with Crippen molar-refractivity contribution in [2.24, 2.45) is 17.8 Å². The second-order valence-corrected chi connectivity index (χ2v) is 5.96. The average Bonchev–Trinajstić information content (AvgIpc) is 2.38. The molecule has 0 spiro atoms. The van der Waals surface area contributed by atoms with Gasteiger partial charge in [0.2, 0.25) is 0 Å². The molecule has 1 N–H and O–H groups in total. The number of piperidine rings is 1. The molecule has 1 aliphatic heterocycles. The normalized spacial score (nSPS) is 38.7. The highest BCUT2D eigenvalue weighted by Gasteiger charge is 2.48. The van der Waals surface area contributed by atoms with E-state index >= 15 is 0 Å². The molecule has 2 fully saturated rings. The van der Waals surface area contributed by atoms with Crippen molar-refractivity contribution in [3.8, 4) is 0 Å². The van der Waals surface area contributed by atoms with Gasteiger partial charge < -0.3 is 5.32 Å². The molecule has 2 unspecified atom stereocenters. The quantitative estimate of drug-likeness (QED) is 0.789. The first-order chi connectivity index (χ1) is 8.52. The number of nitrogens with one attached hydrogen (secondary N) is 1. The summed E-state index contributed by atoms with van der Waals surface area (Å²) in [5, 5.41) is 3.16. The number of hydrogen-bond acceptors (Lipinski definition) is 1. The van der Waals surface area contributed by atoms with Crippen LogP contribution in [0.5, 0.6) is 0 Å². The molecule has 0 bridgehead atoms. The molecular weight excluding hydrogens is 239 g/mol. The molecule has 106 valence electrons. The van der Waals surface area contributed by atoms with Crippen molar-refractivity contribution < 1.29 is 13.2 Å². The van der Waals surface area contributed by atoms with E-state index in [4.69, 9.17) is 0 Å². The van der Waals surface area contributed by atoms with Crippen LogP contribution in [-0.2, 0) is 0 Å². The van der Waals surface area contributed by atoms with Crippen LogP contribution in [0.15, 0.2) is 0 Å². The minimum atomic E-state index is -4.03. The average molecular weight is 263 g/mol. The number of halogens is 3. The highest BCUT2D eigenvalue weighted by atomic mass is 19.4. The number of rotatable bonds is 2. The fourth-order valence-electron chi connectivity index (χ4n) is 3.73. The molecule has 0 aromatic heterocycles. The Hall–Kier alpha value is -0.250. The van der Waals surface area contributed by atoms with Crippen molar-refractivity contribution in [2.45, 2.75) is 64.1 Å². The Balaban J connectivity index is 1.97. The largest absolute Gasteiger partial charge is 0.393 e. The minimum Gasteiger partial charge on any atom is -0.313 e. The van der Waals surface area contributed by atoms with Crippen molar-refractivity contribution in [1.29, 1.82) is 0 Å². The molecule has 2 atom stereocenters. The standard InChI is InChI=1S/C14H24F3N/c1-2-10-5-7-11(8-6-10)13-12(14(15,16)17)4-3-9-18-13/h10-13,18H,2-9H2,1H3. The Kier molecular flexibility index (Phi) is 4.57. The van der Waals surface area contributed by atoms with Crippen LogP contribution in [0, 0.1) is 17.8 Å². The van der Waals surface area contributed by atoms with E-state index < -0.39 is 12.1 Å². The lowest BCUT2D eigenvalue weighted by atomic mass is 9.72. The number of alkyl halides is 3. The van der Waals surface area contributed by atoms with Gasteiger partial charge in [-0.15, -0.1) is 0 Å². The van der Waals surface area contributed by atoms with E-state index in [1.54, 1.807) is 0 Å². The Morgan fingerprint density at radius 2 is 1.72 bits per heavy atom. The molecule has 0 aromatic carbocycles. The molecule has 4 heteroatoms. The van der Waals surface area contributed by atoms with Crippen LogP contribution in [0.25, 0.3) is 0 Å². The van der Waals surface area contributed by atoms with E-state index in [1.165, 1.54) is 6.42 Å². The number of hydrogen-bond donors (Lipinski definition) is 1. The zero-order valence-corrected chi connectivity index (χ0v) is 11.1. The van der Waals surface area contributed by atoms with E-state index in [0.29, 0.717) is 12.8 Å². The Labute approximate surface area is 108 Å². The highest BCUT2D eigenvalue weighted by Crippen LogP contribution is 2.41. The van der Waals surface area contributed by atoms with Gasteiger partial charge in [0, 0.05) is 6.04 Å². The fraction of sp³-hybridized carbons (Fsp3) is 1.00. The lowest BCUT2D eigenvalue weighted by molar-refractivity contribution is -0.193. The van der Waals surface area contributed by atoms with Crippen LogP contribution in [-0.4, -0.2) is 18.8 Å². The molecular formula is C14H24F3N. The minimum absolute atomic E-state index is 0.236. The first kappa shape index (κ1) is 14.2. The monoisotopic (exact) mass is 263 g/mol. The maximum atomic E-state index is 13.0. The van der Waals surface area contributed by atoms with Crippen LogP contribution in [0.4, 0.5) is 13.2 Å². The lowest BCUT2D eigenvalue weighted by Crippen LogP contribution is -2.52. The molecule has 1 nitrogen and oxygen atoms in total. The van der Waals surface area contributed by atoms with Crippen LogP contribution >= 0.6 is 0 Å². The third-order valence-electron chi connectivity index (χ3n) is 4.90. The molecule has 1 heterocycles. The molecule has 2 aliphatic rings. The van der Waals surface area contributed by atoms with E-state index in [1.807, 2.05) is 0 Å². The van der Waals surface area contributed by atoms with Gasteiger partial charge in [-0.3, -0.25) is 0 Å². The van der Waals surface area contributed by atoms with Crippen molar-refractivity contribution in [2.75, 3.05) is 6.54 Å². The summed E-state index contributed by atoms with van der Waals surface area (Å²) >= 11 is 0. The van der Waals surface area contributed by atoms with Gasteiger partial charge in [0.05, 0.1) is 5.92 Å². The molecule has 1 saturated heterocycles. The molecule has 0 radical (unpaired) electrons. The van der Waals surface area contributed by atoms with Crippen molar-refractivity contribution >= 4 is 0 Å². The van der Waals surface area contributed by atoms with Crippen molar-refractivity contribution in [3.05, 3.63) is 0 Å². The summed E-state index contributed by atoms with van der Waals surface area (Å²) in [4.78, 5) is 0. The Bertz CT molecular complexity index is 256. The Morgan fingerprint density at radius 1 is 1.06 bits per heavy atom. The van der Waals surface area contributed by atoms with Gasteiger partial charge in [-0.1, -0.05) is 26.2 Å². The van der Waals surface area contributed by atoms with Crippen LogP contribution < -0.4 is 5.32 Å². The van der Waals surface area contributed by atoms with Crippen molar-refractivity contribution in [1.82, 2.24) is 5.32 Å². The van der Waals surface area contributed by atoms with E-state index in [9.17, 15) is 13.2 Å². The summed E-state index contributed by atoms with van der Waals surface area (Å²) in [7, 11) is 0. The van der Waals surface area contributed by atoms with Gasteiger partial charge in [0.25, 0.3) is 0 Å². The lowest BCUT2D eigenvalue weighted by Gasteiger charge is -2.41. The third-order valence-corrected chi connectivity index (χ3v) is 4.90. The molecule has 1 saturated carbocycles. The zero-order chi connectivity index (χ0) is 13.2. The molecule has 2 rings (SSSR count). The summed E-state index contributed by atoms with van der Waals surface area (Å²) in [5.41, 5.74) is 0. The summed E-state index contributed by atoms with van der Waals surface area (Å²) in [6.45, 7) is 2.94. The predicted molar refractivity (Wildman–Crippen MR) is 66.3 cm³/mol. The maximum Gasteiger partial charge on any atom is 0.393 e. The van der Waals surface area contributed by atoms with Crippen LogP contribution in [0.3, 0.4) is 0 Å². The van der Waals surface area contributed by atoms with Crippen LogP contribution in [0.2, 0.25) is 0 Å². The molecule has 1 aliphatic carbocycles.